The first-order valence-corrected chi connectivity index (χ1v) is 4.76. The molecule has 0 N–H and O–H groups in total. The van der Waals surface area contributed by atoms with Crippen LogP contribution in [0.4, 0.5) is 0 Å². The van der Waals surface area contributed by atoms with E-state index >= 15 is 0 Å². The fourth-order valence-corrected chi connectivity index (χ4v) is 1.09. The third-order valence-corrected chi connectivity index (χ3v) is 1.89. The smallest absolute Gasteiger partial charge is 0.0415 e. The highest BCUT2D eigenvalue weighted by molar-refractivity contribution is 5.98. The van der Waals surface area contributed by atoms with Gasteiger partial charge in [0.25, 0.3) is 0 Å². The van der Waals surface area contributed by atoms with Crippen LogP contribution in [0.3, 0.4) is 0 Å². The summed E-state index contributed by atoms with van der Waals surface area (Å²) in [5.41, 5.74) is 2.36. The fourth-order valence-electron chi connectivity index (χ4n) is 1.09. The molecule has 0 amide bonds. The molecular weight excluding hydrogens is 158 g/mol. The van der Waals surface area contributed by atoms with Gasteiger partial charge in [-0.15, -0.1) is 0 Å². The van der Waals surface area contributed by atoms with Crippen molar-refractivity contribution in [3.8, 4) is 0 Å². The number of nitrogens with zero attached hydrogens (tertiary/aromatic N) is 1. The maximum Gasteiger partial charge on any atom is 0.0415 e. The highest BCUT2D eigenvalue weighted by Crippen LogP contribution is 2.02. The van der Waals surface area contributed by atoms with Crippen molar-refractivity contribution in [2.24, 2.45) is 10.9 Å². The van der Waals surface area contributed by atoms with Gasteiger partial charge in [-0.2, -0.15) is 0 Å². The minimum atomic E-state index is 0.638. The predicted molar refractivity (Wildman–Crippen MR) is 58.4 cm³/mol. The van der Waals surface area contributed by atoms with Crippen LogP contribution < -0.4 is 0 Å². The Labute approximate surface area is 80.5 Å². The van der Waals surface area contributed by atoms with E-state index in [0.29, 0.717) is 5.92 Å². The minimum Gasteiger partial charge on any atom is -0.289 e. The van der Waals surface area contributed by atoms with Crippen molar-refractivity contribution in [1.82, 2.24) is 0 Å². The molecule has 0 aliphatic carbocycles. The van der Waals surface area contributed by atoms with Crippen LogP contribution in [0.5, 0.6) is 0 Å². The van der Waals surface area contributed by atoms with Crippen LogP contribution in [0.15, 0.2) is 35.3 Å². The van der Waals surface area contributed by atoms with Crippen LogP contribution in [0.25, 0.3) is 0 Å². The molecule has 0 radical (unpaired) electrons. The van der Waals surface area contributed by atoms with Crippen LogP contribution in [0.1, 0.15) is 26.3 Å². The topological polar surface area (TPSA) is 12.4 Å². The summed E-state index contributed by atoms with van der Waals surface area (Å²) < 4.78 is 0. The quantitative estimate of drug-likeness (QED) is 0.626. The molecule has 1 aromatic carbocycles. The fraction of sp³-hybridized carbons (Fsp3) is 0.417. The standard InChI is InChI=1S/C12H17N/c1-10(2)9-13-11(3)12-7-5-4-6-8-12/h4-8,10H,9H2,1-3H3/b13-11+. The Kier molecular flexibility index (Phi) is 3.69. The van der Waals surface area contributed by atoms with Crippen LogP contribution >= 0.6 is 0 Å². The molecular formula is C12H17N. The van der Waals surface area contributed by atoms with E-state index in [0.717, 1.165) is 12.3 Å². The lowest BCUT2D eigenvalue weighted by Crippen LogP contribution is -1.99. The summed E-state index contributed by atoms with van der Waals surface area (Å²) in [5.74, 6) is 0.638. The summed E-state index contributed by atoms with van der Waals surface area (Å²) in [6.45, 7) is 7.35. The number of aliphatic imine (C=N–C) groups is 1. The van der Waals surface area contributed by atoms with Crippen LogP contribution in [-0.2, 0) is 0 Å². The molecule has 0 heterocycles. The van der Waals surface area contributed by atoms with Crippen molar-refractivity contribution in [3.63, 3.8) is 0 Å². The van der Waals surface area contributed by atoms with Gasteiger partial charge in [0.15, 0.2) is 0 Å². The number of benzene rings is 1. The monoisotopic (exact) mass is 175 g/mol. The first kappa shape index (κ1) is 9.97. The second-order valence-electron chi connectivity index (χ2n) is 3.69. The number of hydrogen-bond acceptors (Lipinski definition) is 1. The molecule has 70 valence electrons. The van der Waals surface area contributed by atoms with Crippen molar-refractivity contribution in [2.45, 2.75) is 20.8 Å². The first-order valence-electron chi connectivity index (χ1n) is 4.76. The molecule has 0 unspecified atom stereocenters. The highest BCUT2D eigenvalue weighted by atomic mass is 14.7. The van der Waals surface area contributed by atoms with E-state index in [2.05, 4.69) is 37.9 Å². The van der Waals surface area contributed by atoms with Gasteiger partial charge in [0.1, 0.15) is 0 Å². The van der Waals surface area contributed by atoms with Gasteiger partial charge < -0.3 is 0 Å². The lowest BCUT2D eigenvalue weighted by Gasteiger charge is -2.02. The van der Waals surface area contributed by atoms with Crippen LogP contribution in [0, 0.1) is 5.92 Å². The molecule has 1 aromatic rings. The molecule has 0 saturated carbocycles. The summed E-state index contributed by atoms with van der Waals surface area (Å²) in [7, 11) is 0. The lowest BCUT2D eigenvalue weighted by atomic mass is 10.1. The summed E-state index contributed by atoms with van der Waals surface area (Å²) in [6, 6.07) is 10.3. The minimum absolute atomic E-state index is 0.638. The second kappa shape index (κ2) is 4.80. The SMILES string of the molecule is C/C(=N\CC(C)C)c1ccccc1. The van der Waals surface area contributed by atoms with Crippen LogP contribution in [0.2, 0.25) is 0 Å². The van der Waals surface area contributed by atoms with Crippen molar-refractivity contribution >= 4 is 5.71 Å². The van der Waals surface area contributed by atoms with E-state index in [1.165, 1.54) is 5.56 Å². The Hall–Kier alpha value is -1.11. The maximum absolute atomic E-state index is 4.51. The van der Waals surface area contributed by atoms with E-state index in [1.807, 2.05) is 18.2 Å². The van der Waals surface area contributed by atoms with E-state index in [1.54, 1.807) is 0 Å². The zero-order chi connectivity index (χ0) is 9.68. The molecule has 0 fully saturated rings. The molecule has 1 heteroatoms. The van der Waals surface area contributed by atoms with Gasteiger partial charge in [-0.05, 0) is 18.4 Å². The normalized spacial score (nSPS) is 12.2. The molecule has 1 nitrogen and oxygen atoms in total. The number of rotatable bonds is 3. The van der Waals surface area contributed by atoms with Crippen molar-refractivity contribution in [2.75, 3.05) is 6.54 Å². The summed E-state index contributed by atoms with van der Waals surface area (Å²) >= 11 is 0. The Morgan fingerprint density at radius 3 is 2.38 bits per heavy atom. The Balaban J connectivity index is 2.68. The largest absolute Gasteiger partial charge is 0.289 e. The average molecular weight is 175 g/mol. The summed E-state index contributed by atoms with van der Waals surface area (Å²) in [4.78, 5) is 4.51. The van der Waals surface area contributed by atoms with Gasteiger partial charge in [0.2, 0.25) is 0 Å². The average Bonchev–Trinajstić information content (AvgIpc) is 2.15. The van der Waals surface area contributed by atoms with Gasteiger partial charge in [0, 0.05) is 12.3 Å². The Bertz CT molecular complexity index is 272. The molecule has 0 aromatic heterocycles. The van der Waals surface area contributed by atoms with E-state index < -0.39 is 0 Å². The predicted octanol–water partition coefficient (Wildman–Crippen LogP) is 3.15. The second-order valence-corrected chi connectivity index (χ2v) is 3.69. The summed E-state index contributed by atoms with van der Waals surface area (Å²) in [5, 5.41) is 0. The summed E-state index contributed by atoms with van der Waals surface area (Å²) in [6.07, 6.45) is 0. The highest BCUT2D eigenvalue weighted by Gasteiger charge is 1.95. The molecule has 13 heavy (non-hydrogen) atoms. The van der Waals surface area contributed by atoms with E-state index in [4.69, 9.17) is 0 Å². The molecule has 0 spiro atoms. The first-order chi connectivity index (χ1) is 6.20. The molecule has 0 saturated heterocycles. The Morgan fingerprint density at radius 2 is 1.85 bits per heavy atom. The third kappa shape index (κ3) is 3.41. The third-order valence-electron chi connectivity index (χ3n) is 1.89. The van der Waals surface area contributed by atoms with Crippen molar-refractivity contribution in [3.05, 3.63) is 35.9 Å². The van der Waals surface area contributed by atoms with Crippen molar-refractivity contribution in [1.29, 1.82) is 0 Å². The molecule has 1 rings (SSSR count). The lowest BCUT2D eigenvalue weighted by molar-refractivity contribution is 0.665. The molecule has 0 aliphatic rings. The maximum atomic E-state index is 4.51. The molecule has 0 atom stereocenters. The Morgan fingerprint density at radius 1 is 1.23 bits per heavy atom. The molecule has 0 bridgehead atoms. The molecule has 0 aliphatic heterocycles. The zero-order valence-electron chi connectivity index (χ0n) is 8.62. The van der Waals surface area contributed by atoms with Gasteiger partial charge in [-0.3, -0.25) is 4.99 Å². The van der Waals surface area contributed by atoms with Gasteiger partial charge >= 0.3 is 0 Å². The van der Waals surface area contributed by atoms with E-state index in [-0.39, 0.29) is 0 Å². The van der Waals surface area contributed by atoms with Gasteiger partial charge in [0.05, 0.1) is 0 Å². The van der Waals surface area contributed by atoms with Crippen LogP contribution in [-0.4, -0.2) is 12.3 Å². The number of hydrogen-bond donors (Lipinski definition) is 0. The van der Waals surface area contributed by atoms with Gasteiger partial charge in [-0.1, -0.05) is 44.2 Å². The van der Waals surface area contributed by atoms with Gasteiger partial charge in [-0.25, -0.2) is 0 Å². The zero-order valence-corrected chi connectivity index (χ0v) is 8.62. The van der Waals surface area contributed by atoms with E-state index in [9.17, 15) is 0 Å². The van der Waals surface area contributed by atoms with Crippen molar-refractivity contribution < 1.29 is 0 Å².